The normalized spacial score (nSPS) is 9.62. The average molecular weight is 238 g/mol. The van der Waals surface area contributed by atoms with Gasteiger partial charge in [0.25, 0.3) is 0 Å². The lowest BCUT2D eigenvalue weighted by atomic mass is 10.1. The molecule has 0 amide bonds. The van der Waals surface area contributed by atoms with Gasteiger partial charge in [0, 0.05) is 5.33 Å². The van der Waals surface area contributed by atoms with Crippen molar-refractivity contribution in [1.82, 2.24) is 0 Å². The van der Waals surface area contributed by atoms with Crippen molar-refractivity contribution in [2.45, 2.75) is 6.42 Å². The van der Waals surface area contributed by atoms with Gasteiger partial charge >= 0.3 is 0 Å². The Bertz CT molecular complexity index is 318. The second kappa shape index (κ2) is 4.97. The molecule has 1 aromatic carbocycles. The molecule has 0 radical (unpaired) electrons. The zero-order valence-corrected chi connectivity index (χ0v) is 9.05. The van der Waals surface area contributed by atoms with Gasteiger partial charge in [0.05, 0.1) is 5.69 Å². The van der Waals surface area contributed by atoms with Crippen LogP contribution in [0.4, 0.5) is 5.69 Å². The third-order valence-electron chi connectivity index (χ3n) is 1.87. The van der Waals surface area contributed by atoms with Crippen molar-refractivity contribution < 1.29 is 0 Å². The van der Waals surface area contributed by atoms with Crippen LogP contribution < -0.4 is 0 Å². The van der Waals surface area contributed by atoms with E-state index in [2.05, 4.69) is 46.4 Å². The summed E-state index contributed by atoms with van der Waals surface area (Å²) in [7, 11) is 0. The van der Waals surface area contributed by atoms with Crippen LogP contribution in [-0.2, 0) is 6.42 Å². The highest BCUT2D eigenvalue weighted by atomic mass is 79.9. The summed E-state index contributed by atoms with van der Waals surface area (Å²) in [5.74, 6) is 0. The van der Waals surface area contributed by atoms with Crippen molar-refractivity contribution in [1.29, 1.82) is 0 Å². The minimum absolute atomic E-state index is 0.897. The second-order valence-electron chi connectivity index (χ2n) is 2.69. The van der Waals surface area contributed by atoms with Gasteiger partial charge in [0.1, 0.15) is 0 Å². The Hall–Kier alpha value is -0.890. The number of hydrogen-bond acceptors (Lipinski definition) is 1. The molecule has 0 aromatic heterocycles. The van der Waals surface area contributed by atoms with E-state index in [0.717, 1.165) is 23.0 Å². The van der Waals surface area contributed by atoms with Crippen molar-refractivity contribution in [2.75, 3.05) is 5.33 Å². The average Bonchev–Trinajstić information content (AvgIpc) is 2.18. The minimum Gasteiger partial charge on any atom is -0.264 e. The molecular formula is C11H12BrN. The molecule has 0 saturated heterocycles. The third-order valence-corrected chi connectivity index (χ3v) is 2.26. The predicted octanol–water partition coefficient (Wildman–Crippen LogP) is 3.60. The second-order valence-corrected chi connectivity index (χ2v) is 3.49. The molecule has 0 unspecified atom stereocenters. The Labute approximate surface area is 87.3 Å². The fourth-order valence-electron chi connectivity index (χ4n) is 1.18. The van der Waals surface area contributed by atoms with Gasteiger partial charge < -0.3 is 0 Å². The number of benzene rings is 1. The van der Waals surface area contributed by atoms with Crippen molar-refractivity contribution in [3.05, 3.63) is 35.9 Å². The first-order valence-electron chi connectivity index (χ1n) is 4.10. The highest BCUT2D eigenvalue weighted by Gasteiger charge is 1.98. The number of alkyl halides is 1. The zero-order chi connectivity index (χ0) is 9.68. The summed E-state index contributed by atoms with van der Waals surface area (Å²) in [5.41, 5.74) is 3.24. The van der Waals surface area contributed by atoms with Gasteiger partial charge in [-0.25, -0.2) is 0 Å². The standard InChI is InChI=1S/C11H12BrN/c1-3-10-8-9(6-7-12)4-5-11(10)13-2/h3-5,8H,1-2,6-7H2. The van der Waals surface area contributed by atoms with Crippen LogP contribution in [0.3, 0.4) is 0 Å². The van der Waals surface area contributed by atoms with Gasteiger partial charge in [-0.1, -0.05) is 34.7 Å². The molecule has 0 atom stereocenters. The largest absolute Gasteiger partial charge is 0.264 e. The number of nitrogens with zero attached hydrogens (tertiary/aromatic N) is 1. The third kappa shape index (κ3) is 2.52. The lowest BCUT2D eigenvalue weighted by Gasteiger charge is -2.03. The minimum atomic E-state index is 0.897. The Kier molecular flexibility index (Phi) is 3.90. The van der Waals surface area contributed by atoms with E-state index in [0.29, 0.717) is 0 Å². The molecule has 13 heavy (non-hydrogen) atoms. The van der Waals surface area contributed by atoms with Gasteiger partial charge in [-0.05, 0) is 36.4 Å². The first kappa shape index (κ1) is 10.2. The maximum Gasteiger partial charge on any atom is 0.0694 e. The highest BCUT2D eigenvalue weighted by Crippen LogP contribution is 2.21. The Balaban J connectivity index is 3.05. The van der Waals surface area contributed by atoms with Crippen LogP contribution in [0.5, 0.6) is 0 Å². The summed E-state index contributed by atoms with van der Waals surface area (Å²) in [6.45, 7) is 7.25. The molecule has 1 rings (SSSR count). The topological polar surface area (TPSA) is 12.4 Å². The van der Waals surface area contributed by atoms with Crippen LogP contribution >= 0.6 is 15.9 Å². The van der Waals surface area contributed by atoms with Crippen molar-refractivity contribution in [3.63, 3.8) is 0 Å². The molecule has 0 bridgehead atoms. The van der Waals surface area contributed by atoms with E-state index in [-0.39, 0.29) is 0 Å². The summed E-state index contributed by atoms with van der Waals surface area (Å²) in [6.07, 6.45) is 2.83. The summed E-state index contributed by atoms with van der Waals surface area (Å²) < 4.78 is 0. The summed E-state index contributed by atoms with van der Waals surface area (Å²) >= 11 is 3.41. The van der Waals surface area contributed by atoms with Crippen LogP contribution in [0, 0.1) is 0 Å². The fourth-order valence-corrected chi connectivity index (χ4v) is 1.63. The molecule has 0 aliphatic carbocycles. The van der Waals surface area contributed by atoms with Crippen LogP contribution in [0.1, 0.15) is 11.1 Å². The van der Waals surface area contributed by atoms with Gasteiger partial charge in [0.2, 0.25) is 0 Å². The number of hydrogen-bond donors (Lipinski definition) is 0. The van der Waals surface area contributed by atoms with E-state index >= 15 is 0 Å². The summed E-state index contributed by atoms with van der Waals surface area (Å²) in [6, 6.07) is 6.14. The molecule has 0 aliphatic heterocycles. The highest BCUT2D eigenvalue weighted by molar-refractivity contribution is 9.09. The summed E-state index contributed by atoms with van der Waals surface area (Å²) in [4.78, 5) is 3.91. The zero-order valence-electron chi connectivity index (χ0n) is 7.46. The maximum absolute atomic E-state index is 3.91. The molecule has 68 valence electrons. The lowest BCUT2D eigenvalue weighted by molar-refractivity contribution is 1.17. The van der Waals surface area contributed by atoms with Crippen LogP contribution in [-0.4, -0.2) is 12.0 Å². The molecule has 2 heteroatoms. The molecule has 1 aromatic rings. The van der Waals surface area contributed by atoms with E-state index in [1.807, 2.05) is 12.1 Å². The van der Waals surface area contributed by atoms with E-state index in [1.165, 1.54) is 5.56 Å². The molecular weight excluding hydrogens is 226 g/mol. The number of rotatable bonds is 4. The Morgan fingerprint density at radius 3 is 2.77 bits per heavy atom. The molecule has 0 fully saturated rings. The maximum atomic E-state index is 3.91. The van der Waals surface area contributed by atoms with Gasteiger partial charge in [0.15, 0.2) is 0 Å². The molecule has 0 heterocycles. The molecule has 0 spiro atoms. The monoisotopic (exact) mass is 237 g/mol. The molecule has 0 N–H and O–H groups in total. The van der Waals surface area contributed by atoms with Crippen LogP contribution in [0.15, 0.2) is 29.8 Å². The van der Waals surface area contributed by atoms with Gasteiger partial charge in [-0.2, -0.15) is 0 Å². The number of aryl methyl sites for hydroxylation is 1. The number of aliphatic imine (C=N–C) groups is 1. The SMILES string of the molecule is C=Cc1cc(CCBr)ccc1N=C. The Morgan fingerprint density at radius 1 is 1.46 bits per heavy atom. The Morgan fingerprint density at radius 2 is 2.23 bits per heavy atom. The molecule has 1 nitrogen and oxygen atoms in total. The molecule has 0 saturated carbocycles. The van der Waals surface area contributed by atoms with E-state index in [1.54, 1.807) is 0 Å². The molecule has 0 aliphatic rings. The predicted molar refractivity (Wildman–Crippen MR) is 63.2 cm³/mol. The van der Waals surface area contributed by atoms with E-state index in [4.69, 9.17) is 0 Å². The lowest BCUT2D eigenvalue weighted by Crippen LogP contribution is -1.86. The van der Waals surface area contributed by atoms with Crippen molar-refractivity contribution >= 4 is 34.4 Å². The van der Waals surface area contributed by atoms with Crippen LogP contribution in [0.2, 0.25) is 0 Å². The van der Waals surface area contributed by atoms with E-state index < -0.39 is 0 Å². The first-order chi connectivity index (χ1) is 6.31. The van der Waals surface area contributed by atoms with Crippen molar-refractivity contribution in [2.24, 2.45) is 4.99 Å². The fraction of sp³-hybridized carbons (Fsp3) is 0.182. The first-order valence-corrected chi connectivity index (χ1v) is 5.22. The van der Waals surface area contributed by atoms with Gasteiger partial charge in [-0.15, -0.1) is 0 Å². The van der Waals surface area contributed by atoms with E-state index in [9.17, 15) is 0 Å². The van der Waals surface area contributed by atoms with Crippen LogP contribution in [0.25, 0.3) is 6.08 Å². The van der Waals surface area contributed by atoms with Gasteiger partial charge in [-0.3, -0.25) is 4.99 Å². The quantitative estimate of drug-likeness (QED) is 0.561. The number of halogens is 1. The summed E-state index contributed by atoms with van der Waals surface area (Å²) in [5, 5.41) is 0.977. The smallest absolute Gasteiger partial charge is 0.0694 e. The van der Waals surface area contributed by atoms with Crippen molar-refractivity contribution in [3.8, 4) is 0 Å².